The van der Waals surface area contributed by atoms with Gasteiger partial charge in [0.05, 0.1) is 5.56 Å². The second-order valence-electron chi connectivity index (χ2n) is 4.45. The van der Waals surface area contributed by atoms with Gasteiger partial charge in [-0.1, -0.05) is 0 Å². The Balaban J connectivity index is 2.08. The van der Waals surface area contributed by atoms with Gasteiger partial charge in [-0.05, 0) is 12.1 Å². The van der Waals surface area contributed by atoms with E-state index >= 15 is 0 Å². The molecule has 1 unspecified atom stereocenters. The first-order valence-corrected chi connectivity index (χ1v) is 5.83. The molecule has 0 bridgehead atoms. The Kier molecular flexibility index (Phi) is 2.63. The fourth-order valence-corrected chi connectivity index (χ4v) is 2.32. The molecule has 102 valence electrons. The number of pyridine rings is 1. The minimum Gasteiger partial charge on any atom is -0.333 e. The minimum atomic E-state index is -4.51. The number of fused-ring (bicyclic) bond motifs is 3. The molecule has 1 aromatic heterocycles. The Bertz CT molecular complexity index is 531. The Morgan fingerprint density at radius 1 is 1.37 bits per heavy atom. The third-order valence-corrected chi connectivity index (χ3v) is 3.22. The van der Waals surface area contributed by atoms with Crippen LogP contribution >= 0.6 is 0 Å². The summed E-state index contributed by atoms with van der Waals surface area (Å²) in [5.74, 6) is -0.272. The fourth-order valence-electron chi connectivity index (χ4n) is 2.32. The molecular formula is C11H11F3N4O. The van der Waals surface area contributed by atoms with E-state index in [4.69, 9.17) is 0 Å². The van der Waals surface area contributed by atoms with Crippen LogP contribution in [0, 0.1) is 0 Å². The molecule has 8 heteroatoms. The van der Waals surface area contributed by atoms with E-state index in [1.54, 1.807) is 4.90 Å². The topological polar surface area (TPSA) is 57.3 Å². The predicted molar refractivity (Wildman–Crippen MR) is 60.7 cm³/mol. The second kappa shape index (κ2) is 4.09. The van der Waals surface area contributed by atoms with Crippen molar-refractivity contribution in [1.29, 1.82) is 0 Å². The molecule has 1 aromatic rings. The lowest BCUT2D eigenvalue weighted by Gasteiger charge is -2.41. The number of piperazine rings is 1. The molecule has 1 fully saturated rings. The van der Waals surface area contributed by atoms with Gasteiger partial charge >= 0.3 is 6.18 Å². The number of halogens is 3. The van der Waals surface area contributed by atoms with Crippen molar-refractivity contribution >= 4 is 11.7 Å². The van der Waals surface area contributed by atoms with Gasteiger partial charge in [-0.2, -0.15) is 13.2 Å². The van der Waals surface area contributed by atoms with Crippen molar-refractivity contribution in [1.82, 2.24) is 15.6 Å². The van der Waals surface area contributed by atoms with E-state index in [-0.39, 0.29) is 23.5 Å². The molecule has 3 heterocycles. The van der Waals surface area contributed by atoms with Gasteiger partial charge in [-0.15, -0.1) is 0 Å². The number of carbonyl (C=O) groups excluding carboxylic acids is 1. The van der Waals surface area contributed by atoms with Crippen LogP contribution in [0.15, 0.2) is 12.1 Å². The maximum Gasteiger partial charge on any atom is 0.433 e. The smallest absolute Gasteiger partial charge is 0.333 e. The molecule has 5 nitrogen and oxygen atoms in total. The van der Waals surface area contributed by atoms with E-state index < -0.39 is 11.9 Å². The standard InChI is InChI=1S/C11H11F3N4O/c12-11(13,14)7-2-1-6-9(16-7)18-4-3-15-5-8(18)17-10(6)19/h1-2,8,15H,3-5H2,(H,17,19). The van der Waals surface area contributed by atoms with Gasteiger partial charge in [0.15, 0.2) is 0 Å². The van der Waals surface area contributed by atoms with Crippen molar-refractivity contribution in [3.05, 3.63) is 23.4 Å². The normalized spacial score (nSPS) is 22.6. The summed E-state index contributed by atoms with van der Waals surface area (Å²) in [6.07, 6.45) is -4.85. The van der Waals surface area contributed by atoms with E-state index in [1.807, 2.05) is 0 Å². The van der Waals surface area contributed by atoms with Crippen molar-refractivity contribution < 1.29 is 18.0 Å². The molecule has 1 amide bonds. The molecule has 3 rings (SSSR count). The highest BCUT2D eigenvalue weighted by molar-refractivity contribution is 6.01. The number of hydrogen-bond acceptors (Lipinski definition) is 4. The largest absolute Gasteiger partial charge is 0.433 e. The maximum atomic E-state index is 12.7. The summed E-state index contributed by atoms with van der Waals surface area (Å²) < 4.78 is 38.1. The average molecular weight is 272 g/mol. The number of alkyl halides is 3. The predicted octanol–water partition coefficient (Wildman–Crippen LogP) is 0.579. The van der Waals surface area contributed by atoms with Crippen molar-refractivity contribution in [3.8, 4) is 0 Å². The van der Waals surface area contributed by atoms with Crippen molar-refractivity contribution in [2.24, 2.45) is 0 Å². The maximum absolute atomic E-state index is 12.7. The molecule has 1 saturated heterocycles. The summed E-state index contributed by atoms with van der Waals surface area (Å²) in [7, 11) is 0. The highest BCUT2D eigenvalue weighted by Gasteiger charge is 2.38. The lowest BCUT2D eigenvalue weighted by Crippen LogP contribution is -2.62. The van der Waals surface area contributed by atoms with Gasteiger partial charge in [0, 0.05) is 19.6 Å². The molecule has 0 saturated carbocycles. The zero-order valence-electron chi connectivity index (χ0n) is 9.79. The van der Waals surface area contributed by atoms with E-state index in [1.165, 1.54) is 6.07 Å². The third kappa shape index (κ3) is 2.01. The Morgan fingerprint density at radius 2 is 2.16 bits per heavy atom. The zero-order valence-corrected chi connectivity index (χ0v) is 9.79. The summed E-state index contributed by atoms with van der Waals surface area (Å²) in [4.78, 5) is 17.1. The van der Waals surface area contributed by atoms with Crippen LogP contribution in [0.2, 0.25) is 0 Å². The van der Waals surface area contributed by atoms with E-state index in [0.717, 1.165) is 6.07 Å². The molecule has 2 N–H and O–H groups in total. The number of hydrogen-bond donors (Lipinski definition) is 2. The number of aromatic nitrogens is 1. The van der Waals surface area contributed by atoms with Crippen molar-refractivity contribution in [2.45, 2.75) is 12.3 Å². The summed E-state index contributed by atoms with van der Waals surface area (Å²) in [5, 5.41) is 5.81. The number of rotatable bonds is 0. The molecule has 0 spiro atoms. The molecule has 1 atom stereocenters. The van der Waals surface area contributed by atoms with Crippen LogP contribution in [0.1, 0.15) is 16.1 Å². The number of amides is 1. The minimum absolute atomic E-state index is 0.116. The quantitative estimate of drug-likeness (QED) is 0.725. The molecule has 0 aliphatic carbocycles. The van der Waals surface area contributed by atoms with E-state index in [2.05, 4.69) is 15.6 Å². The first-order chi connectivity index (χ1) is 8.97. The van der Waals surface area contributed by atoms with Gasteiger partial charge in [0.2, 0.25) is 0 Å². The number of nitrogens with one attached hydrogen (secondary N) is 2. The first-order valence-electron chi connectivity index (χ1n) is 5.83. The molecule has 2 aliphatic heterocycles. The number of carbonyl (C=O) groups is 1. The first kappa shape index (κ1) is 12.2. The van der Waals surface area contributed by atoms with E-state index in [9.17, 15) is 18.0 Å². The summed E-state index contributed by atoms with van der Waals surface area (Å²) in [5.41, 5.74) is -0.788. The molecule has 19 heavy (non-hydrogen) atoms. The molecular weight excluding hydrogens is 261 g/mol. The van der Waals surface area contributed by atoms with Crippen molar-refractivity contribution in [3.63, 3.8) is 0 Å². The summed E-state index contributed by atoms with van der Waals surface area (Å²) in [6.45, 7) is 1.64. The highest BCUT2D eigenvalue weighted by Crippen LogP contribution is 2.32. The second-order valence-corrected chi connectivity index (χ2v) is 4.45. The highest BCUT2D eigenvalue weighted by atomic mass is 19.4. The Labute approximate surface area is 106 Å². The van der Waals surface area contributed by atoms with Crippen molar-refractivity contribution in [2.75, 3.05) is 24.5 Å². The fraction of sp³-hybridized carbons (Fsp3) is 0.455. The van der Waals surface area contributed by atoms with Crippen LogP contribution in [0.4, 0.5) is 19.0 Å². The summed E-state index contributed by atoms with van der Waals surface area (Å²) in [6, 6.07) is 2.01. The number of anilines is 1. The Morgan fingerprint density at radius 3 is 2.89 bits per heavy atom. The molecule has 0 radical (unpaired) electrons. The Hall–Kier alpha value is -1.83. The zero-order chi connectivity index (χ0) is 13.6. The lowest BCUT2D eigenvalue weighted by atomic mass is 10.1. The van der Waals surface area contributed by atoms with Crippen LogP contribution in [0.5, 0.6) is 0 Å². The van der Waals surface area contributed by atoms with E-state index in [0.29, 0.717) is 19.6 Å². The third-order valence-electron chi connectivity index (χ3n) is 3.22. The summed E-state index contributed by atoms with van der Waals surface area (Å²) >= 11 is 0. The SMILES string of the molecule is O=C1NC2CNCCN2c2nc(C(F)(F)F)ccc21. The average Bonchev–Trinajstić information content (AvgIpc) is 2.37. The van der Waals surface area contributed by atoms with Gasteiger partial charge in [0.1, 0.15) is 17.7 Å². The van der Waals surface area contributed by atoms with Crippen LogP contribution in [-0.2, 0) is 6.18 Å². The number of nitrogens with zero attached hydrogens (tertiary/aromatic N) is 2. The monoisotopic (exact) mass is 272 g/mol. The van der Waals surface area contributed by atoms with Crippen LogP contribution < -0.4 is 15.5 Å². The van der Waals surface area contributed by atoms with Gasteiger partial charge in [-0.3, -0.25) is 4.79 Å². The van der Waals surface area contributed by atoms with Gasteiger partial charge < -0.3 is 15.5 Å². The van der Waals surface area contributed by atoms with Crippen LogP contribution in [0.3, 0.4) is 0 Å². The van der Waals surface area contributed by atoms with Gasteiger partial charge in [-0.25, -0.2) is 4.98 Å². The molecule has 2 aliphatic rings. The van der Waals surface area contributed by atoms with Gasteiger partial charge in [0.25, 0.3) is 5.91 Å². The molecule has 0 aromatic carbocycles. The lowest BCUT2D eigenvalue weighted by molar-refractivity contribution is -0.141. The van der Waals surface area contributed by atoms with Crippen LogP contribution in [-0.4, -0.2) is 36.7 Å². The van der Waals surface area contributed by atoms with Crippen LogP contribution in [0.25, 0.3) is 0 Å².